The van der Waals surface area contributed by atoms with Crippen LogP contribution in [0.1, 0.15) is 35.4 Å². The summed E-state index contributed by atoms with van der Waals surface area (Å²) in [6.45, 7) is 1.63. The number of hydrogen-bond donors (Lipinski definition) is 2. The molecule has 0 spiro atoms. The highest BCUT2D eigenvalue weighted by molar-refractivity contribution is 9.10. The first kappa shape index (κ1) is 18.1. The fourth-order valence-corrected chi connectivity index (χ4v) is 2.94. The molecule has 3 aromatic rings. The second kappa shape index (κ2) is 8.14. The number of carbonyl (C=O) groups is 2. The van der Waals surface area contributed by atoms with E-state index in [1.54, 1.807) is 6.07 Å². The number of H-pyrrole nitrogens is 1. The van der Waals surface area contributed by atoms with Crippen molar-refractivity contribution in [3.05, 3.63) is 64.3 Å². The van der Waals surface area contributed by atoms with Crippen LogP contribution < -0.4 is 5.32 Å². The van der Waals surface area contributed by atoms with E-state index in [0.29, 0.717) is 5.39 Å². The Morgan fingerprint density at radius 3 is 2.65 bits per heavy atom. The van der Waals surface area contributed by atoms with Crippen molar-refractivity contribution in [1.82, 2.24) is 15.5 Å². The van der Waals surface area contributed by atoms with Gasteiger partial charge in [-0.3, -0.25) is 9.89 Å². The molecule has 1 atom stereocenters. The van der Waals surface area contributed by atoms with Crippen molar-refractivity contribution in [2.45, 2.75) is 19.4 Å². The van der Waals surface area contributed by atoms with Crippen LogP contribution in [0.4, 0.5) is 0 Å². The van der Waals surface area contributed by atoms with Crippen molar-refractivity contribution in [3.8, 4) is 0 Å². The maximum absolute atomic E-state index is 12.2. The summed E-state index contributed by atoms with van der Waals surface area (Å²) >= 11 is 3.39. The zero-order chi connectivity index (χ0) is 18.5. The second-order valence-corrected chi connectivity index (χ2v) is 6.69. The van der Waals surface area contributed by atoms with Crippen LogP contribution in [0.5, 0.6) is 0 Å². The quantitative estimate of drug-likeness (QED) is 0.600. The minimum Gasteiger partial charge on any atom is -0.451 e. The monoisotopic (exact) mass is 415 g/mol. The van der Waals surface area contributed by atoms with E-state index in [0.717, 1.165) is 22.0 Å². The van der Waals surface area contributed by atoms with E-state index in [2.05, 4.69) is 31.4 Å². The second-order valence-electron chi connectivity index (χ2n) is 5.77. The van der Waals surface area contributed by atoms with Gasteiger partial charge in [0.2, 0.25) is 0 Å². The van der Waals surface area contributed by atoms with Crippen molar-refractivity contribution < 1.29 is 14.3 Å². The molecular weight excluding hydrogens is 398 g/mol. The highest BCUT2D eigenvalue weighted by Crippen LogP contribution is 2.19. The first-order valence-corrected chi connectivity index (χ1v) is 9.03. The average molecular weight is 416 g/mol. The fraction of sp³-hybridized carbons (Fsp3) is 0.211. The molecule has 26 heavy (non-hydrogen) atoms. The molecule has 134 valence electrons. The summed E-state index contributed by atoms with van der Waals surface area (Å²) < 4.78 is 6.09. The van der Waals surface area contributed by atoms with E-state index in [1.807, 2.05) is 49.4 Å². The maximum atomic E-state index is 12.2. The molecule has 0 aliphatic heterocycles. The highest BCUT2D eigenvalue weighted by Gasteiger charge is 2.18. The number of ether oxygens (including phenoxy) is 1. The zero-order valence-electron chi connectivity index (χ0n) is 14.2. The van der Waals surface area contributed by atoms with Crippen LogP contribution in [0.25, 0.3) is 10.9 Å². The normalized spacial score (nSPS) is 11.9. The molecule has 0 radical (unpaired) electrons. The number of esters is 1. The predicted molar refractivity (Wildman–Crippen MR) is 102 cm³/mol. The number of nitrogens with one attached hydrogen (secondary N) is 2. The summed E-state index contributed by atoms with van der Waals surface area (Å²) in [5.74, 6) is -0.984. The van der Waals surface area contributed by atoms with Gasteiger partial charge in [0, 0.05) is 9.86 Å². The summed E-state index contributed by atoms with van der Waals surface area (Å²) in [7, 11) is 0. The van der Waals surface area contributed by atoms with E-state index < -0.39 is 5.97 Å². The number of hydrogen-bond acceptors (Lipinski definition) is 4. The minimum absolute atomic E-state index is 0.138. The number of amides is 1. The molecule has 1 aromatic heterocycles. The molecule has 0 aliphatic carbocycles. The highest BCUT2D eigenvalue weighted by atomic mass is 79.9. The number of aromatic nitrogens is 2. The van der Waals surface area contributed by atoms with Gasteiger partial charge in [-0.15, -0.1) is 0 Å². The molecule has 2 aromatic carbocycles. The number of rotatable bonds is 6. The lowest BCUT2D eigenvalue weighted by Crippen LogP contribution is -2.32. The lowest BCUT2D eigenvalue weighted by Gasteiger charge is -2.17. The minimum atomic E-state index is -0.630. The molecule has 0 bridgehead atoms. The van der Waals surface area contributed by atoms with E-state index in [9.17, 15) is 9.59 Å². The van der Waals surface area contributed by atoms with E-state index in [-0.39, 0.29) is 24.2 Å². The third-order valence-corrected chi connectivity index (χ3v) is 4.54. The van der Waals surface area contributed by atoms with Crippen molar-refractivity contribution in [3.63, 3.8) is 0 Å². The molecule has 3 rings (SSSR count). The van der Waals surface area contributed by atoms with Crippen LogP contribution in [0, 0.1) is 0 Å². The molecule has 6 nitrogen and oxygen atoms in total. The Hall–Kier alpha value is -2.67. The van der Waals surface area contributed by atoms with E-state index in [4.69, 9.17) is 4.74 Å². The standard InChI is InChI=1S/C19H18BrN3O3/c1-2-15(12-7-9-13(20)10-8-12)21-17(24)11-26-19(25)18-14-5-3-4-6-16(14)22-23-18/h3-10,15H,2,11H2,1H3,(H,21,24)(H,22,23)/t15-/m0/s1. The Labute approximate surface area is 159 Å². The van der Waals surface area contributed by atoms with Gasteiger partial charge < -0.3 is 10.1 Å². The first-order valence-electron chi connectivity index (χ1n) is 8.23. The van der Waals surface area contributed by atoms with Gasteiger partial charge in [-0.2, -0.15) is 5.10 Å². The zero-order valence-corrected chi connectivity index (χ0v) is 15.7. The number of benzene rings is 2. The third-order valence-electron chi connectivity index (χ3n) is 4.01. The summed E-state index contributed by atoms with van der Waals surface area (Å²) in [5.41, 5.74) is 1.91. The van der Waals surface area contributed by atoms with Crippen LogP contribution >= 0.6 is 15.9 Å². The van der Waals surface area contributed by atoms with Crippen molar-refractivity contribution in [2.24, 2.45) is 0 Å². The predicted octanol–water partition coefficient (Wildman–Crippen LogP) is 3.75. The molecule has 0 fully saturated rings. The van der Waals surface area contributed by atoms with Gasteiger partial charge >= 0.3 is 5.97 Å². The SMILES string of the molecule is CC[C@H](NC(=O)COC(=O)c1n[nH]c2ccccc12)c1ccc(Br)cc1. The molecule has 2 N–H and O–H groups in total. The van der Waals surface area contributed by atoms with Crippen molar-refractivity contribution >= 4 is 38.7 Å². The Kier molecular flexibility index (Phi) is 5.68. The van der Waals surface area contributed by atoms with Crippen molar-refractivity contribution in [2.75, 3.05) is 6.61 Å². The fourth-order valence-electron chi connectivity index (χ4n) is 2.67. The summed E-state index contributed by atoms with van der Waals surface area (Å²) in [5, 5.41) is 10.3. The topological polar surface area (TPSA) is 84.1 Å². The number of nitrogens with zero attached hydrogens (tertiary/aromatic N) is 1. The Balaban J connectivity index is 1.59. The lowest BCUT2D eigenvalue weighted by atomic mass is 10.0. The number of para-hydroxylation sites is 1. The molecule has 0 aliphatic rings. The number of carbonyl (C=O) groups excluding carboxylic acids is 2. The Morgan fingerprint density at radius 1 is 1.19 bits per heavy atom. The lowest BCUT2D eigenvalue weighted by molar-refractivity contribution is -0.125. The Bertz CT molecular complexity index is 921. The number of halogens is 1. The van der Waals surface area contributed by atoms with Gasteiger partial charge in [-0.1, -0.05) is 53.2 Å². The van der Waals surface area contributed by atoms with Crippen LogP contribution in [-0.2, 0) is 9.53 Å². The van der Waals surface area contributed by atoms with Crippen molar-refractivity contribution in [1.29, 1.82) is 0 Å². The first-order chi connectivity index (χ1) is 12.6. The van der Waals surface area contributed by atoms with Crippen LogP contribution in [0.15, 0.2) is 53.0 Å². The van der Waals surface area contributed by atoms with Gasteiger partial charge in [-0.25, -0.2) is 4.79 Å². The van der Waals surface area contributed by atoms with Crippen LogP contribution in [0.3, 0.4) is 0 Å². The molecule has 0 saturated carbocycles. The summed E-state index contributed by atoms with van der Waals surface area (Å²) in [4.78, 5) is 24.4. The average Bonchev–Trinajstić information content (AvgIpc) is 3.09. The molecule has 0 saturated heterocycles. The number of aromatic amines is 1. The maximum Gasteiger partial charge on any atom is 0.359 e. The molecule has 0 unspecified atom stereocenters. The Morgan fingerprint density at radius 2 is 1.92 bits per heavy atom. The van der Waals surface area contributed by atoms with Gasteiger partial charge in [0.05, 0.1) is 11.6 Å². The molecule has 7 heteroatoms. The van der Waals surface area contributed by atoms with Crippen LogP contribution in [0.2, 0.25) is 0 Å². The van der Waals surface area contributed by atoms with Gasteiger partial charge in [0.15, 0.2) is 12.3 Å². The summed E-state index contributed by atoms with van der Waals surface area (Å²) in [6, 6.07) is 14.8. The van der Waals surface area contributed by atoms with Gasteiger partial charge in [-0.05, 0) is 30.2 Å². The molecule has 1 amide bonds. The smallest absolute Gasteiger partial charge is 0.359 e. The molecular formula is C19H18BrN3O3. The van der Waals surface area contributed by atoms with Gasteiger partial charge in [0.1, 0.15) is 0 Å². The van der Waals surface area contributed by atoms with E-state index >= 15 is 0 Å². The summed E-state index contributed by atoms with van der Waals surface area (Å²) in [6.07, 6.45) is 0.728. The largest absolute Gasteiger partial charge is 0.451 e. The third kappa shape index (κ3) is 4.11. The van der Waals surface area contributed by atoms with E-state index in [1.165, 1.54) is 0 Å². The van der Waals surface area contributed by atoms with Gasteiger partial charge in [0.25, 0.3) is 5.91 Å². The molecule has 1 heterocycles. The van der Waals surface area contributed by atoms with Crippen LogP contribution in [-0.4, -0.2) is 28.7 Å². The number of fused-ring (bicyclic) bond motifs is 1.